The Labute approximate surface area is 207 Å². The molecule has 0 bridgehead atoms. The zero-order chi connectivity index (χ0) is 24.5. The van der Waals surface area contributed by atoms with Crippen LogP contribution < -0.4 is 10.7 Å². The van der Waals surface area contributed by atoms with E-state index in [0.29, 0.717) is 39.5 Å². The van der Waals surface area contributed by atoms with Crippen LogP contribution in [0, 0.1) is 0 Å². The van der Waals surface area contributed by atoms with E-state index in [1.165, 1.54) is 0 Å². The maximum absolute atomic E-state index is 12.9. The van der Waals surface area contributed by atoms with Gasteiger partial charge in [-0.2, -0.15) is 0 Å². The molecule has 0 atom stereocenters. The van der Waals surface area contributed by atoms with Gasteiger partial charge in [-0.15, -0.1) is 0 Å². The lowest BCUT2D eigenvalue weighted by atomic mass is 10.0. The van der Waals surface area contributed by atoms with Crippen molar-refractivity contribution in [2.45, 2.75) is 13.6 Å². The second-order valence-corrected chi connectivity index (χ2v) is 9.04. The van der Waals surface area contributed by atoms with Crippen LogP contribution in [0.2, 0.25) is 5.02 Å². The number of benzene rings is 3. The van der Waals surface area contributed by atoms with Crippen molar-refractivity contribution >= 4 is 40.0 Å². The molecular formula is C27H24ClN3O4. The molecule has 1 fully saturated rings. The van der Waals surface area contributed by atoms with Crippen LogP contribution in [0.5, 0.6) is 0 Å². The third kappa shape index (κ3) is 4.65. The molecule has 0 unspecified atom stereocenters. The van der Waals surface area contributed by atoms with E-state index in [2.05, 4.69) is 9.80 Å². The summed E-state index contributed by atoms with van der Waals surface area (Å²) in [5, 5.41) is 0.380. The van der Waals surface area contributed by atoms with E-state index in [0.717, 1.165) is 31.9 Å². The highest BCUT2D eigenvalue weighted by molar-refractivity contribution is 6.35. The number of carbonyl (C=O) groups is 2. The molecule has 0 saturated carbocycles. The molecule has 0 N–H and O–H groups in total. The number of ketones is 2. The highest BCUT2D eigenvalue weighted by Crippen LogP contribution is 2.23. The number of rotatable bonds is 6. The molecule has 1 aromatic heterocycles. The predicted octanol–water partition coefficient (Wildman–Crippen LogP) is 4.46. The Morgan fingerprint density at radius 2 is 1.60 bits per heavy atom. The molecule has 3 aromatic carbocycles. The minimum Gasteiger partial charge on any atom is -0.408 e. The average molecular weight is 490 g/mol. The van der Waals surface area contributed by atoms with Gasteiger partial charge in [-0.25, -0.2) is 4.79 Å². The van der Waals surface area contributed by atoms with Crippen LogP contribution in [0.15, 0.2) is 75.9 Å². The Morgan fingerprint density at radius 3 is 2.29 bits per heavy atom. The molecule has 1 saturated heterocycles. The molecule has 178 valence electrons. The van der Waals surface area contributed by atoms with E-state index < -0.39 is 5.76 Å². The van der Waals surface area contributed by atoms with Gasteiger partial charge < -0.3 is 9.32 Å². The normalized spacial score (nSPS) is 14.4. The number of carbonyl (C=O) groups excluding carboxylic acids is 2. The Bertz CT molecular complexity index is 1460. The quantitative estimate of drug-likeness (QED) is 0.372. The fourth-order valence-electron chi connectivity index (χ4n) is 4.40. The first-order valence-electron chi connectivity index (χ1n) is 11.4. The van der Waals surface area contributed by atoms with Crippen LogP contribution in [0.25, 0.3) is 11.1 Å². The largest absolute Gasteiger partial charge is 0.421 e. The minimum atomic E-state index is -0.454. The van der Waals surface area contributed by atoms with E-state index in [4.69, 9.17) is 16.0 Å². The predicted molar refractivity (Wildman–Crippen MR) is 136 cm³/mol. The number of aromatic nitrogens is 1. The van der Waals surface area contributed by atoms with Crippen LogP contribution in [0.1, 0.15) is 33.2 Å². The van der Waals surface area contributed by atoms with Crippen molar-refractivity contribution in [2.75, 3.05) is 31.1 Å². The average Bonchev–Trinajstić information content (AvgIpc) is 3.18. The van der Waals surface area contributed by atoms with E-state index in [1.54, 1.807) is 54.0 Å². The van der Waals surface area contributed by atoms with Gasteiger partial charge in [-0.1, -0.05) is 23.7 Å². The highest BCUT2D eigenvalue weighted by atomic mass is 35.5. The molecule has 2 heterocycles. The molecule has 0 amide bonds. The molecule has 4 aromatic rings. The van der Waals surface area contributed by atoms with Gasteiger partial charge in [0.25, 0.3) is 0 Å². The molecule has 1 aliphatic heterocycles. The Morgan fingerprint density at radius 1 is 0.914 bits per heavy atom. The second kappa shape index (κ2) is 9.52. The summed E-state index contributed by atoms with van der Waals surface area (Å²) < 4.78 is 7.07. The van der Waals surface area contributed by atoms with Gasteiger partial charge in [0.15, 0.2) is 17.1 Å². The maximum Gasteiger partial charge on any atom is 0.421 e. The third-order valence-electron chi connectivity index (χ3n) is 6.40. The first kappa shape index (κ1) is 23.1. The van der Waals surface area contributed by atoms with Crippen molar-refractivity contribution in [3.05, 3.63) is 99.0 Å². The van der Waals surface area contributed by atoms with Crippen LogP contribution in [-0.4, -0.2) is 47.2 Å². The first-order chi connectivity index (χ1) is 16.9. The number of piperazine rings is 1. The first-order valence-corrected chi connectivity index (χ1v) is 11.8. The number of Topliss-reactive ketones (excluding diaryl/α,β-unsaturated/α-hetero) is 1. The maximum atomic E-state index is 12.9. The van der Waals surface area contributed by atoms with Crippen molar-refractivity contribution in [1.29, 1.82) is 0 Å². The lowest BCUT2D eigenvalue weighted by Crippen LogP contribution is -2.47. The molecular weight excluding hydrogens is 466 g/mol. The summed E-state index contributed by atoms with van der Waals surface area (Å²) in [7, 11) is 0. The summed E-state index contributed by atoms with van der Waals surface area (Å²) in [4.78, 5) is 41.5. The summed E-state index contributed by atoms with van der Waals surface area (Å²) in [6.45, 7) is 5.13. The molecule has 1 aliphatic rings. The van der Waals surface area contributed by atoms with Gasteiger partial charge in [0.05, 0.1) is 17.2 Å². The number of anilines is 1. The van der Waals surface area contributed by atoms with Crippen molar-refractivity contribution < 1.29 is 14.0 Å². The minimum absolute atomic E-state index is 0.0551. The third-order valence-corrected chi connectivity index (χ3v) is 6.73. The van der Waals surface area contributed by atoms with Gasteiger partial charge in [0, 0.05) is 48.6 Å². The topological polar surface area (TPSA) is 75.8 Å². The smallest absolute Gasteiger partial charge is 0.408 e. The SMILES string of the molecule is CC(=O)c1ccc(N2CCN(Cn3c(=O)oc4cc(C(=O)c5ccccc5Cl)ccc43)CC2)cc1. The van der Waals surface area contributed by atoms with Crippen molar-refractivity contribution in [3.8, 4) is 0 Å². The highest BCUT2D eigenvalue weighted by Gasteiger charge is 2.21. The van der Waals surface area contributed by atoms with Crippen LogP contribution >= 0.6 is 11.6 Å². The van der Waals surface area contributed by atoms with Gasteiger partial charge in [0.2, 0.25) is 0 Å². The number of hydrogen-bond donors (Lipinski definition) is 0. The molecule has 5 rings (SSSR count). The lowest BCUT2D eigenvalue weighted by molar-refractivity contribution is 0.101. The van der Waals surface area contributed by atoms with Gasteiger partial charge in [-0.05, 0) is 61.5 Å². The Hall–Kier alpha value is -3.68. The number of nitrogens with zero attached hydrogens (tertiary/aromatic N) is 3. The fourth-order valence-corrected chi connectivity index (χ4v) is 4.62. The number of halogens is 1. The number of fused-ring (bicyclic) bond motifs is 1. The summed E-state index contributed by atoms with van der Waals surface area (Å²) in [6.07, 6.45) is 0. The van der Waals surface area contributed by atoms with E-state index in [1.807, 2.05) is 24.3 Å². The molecule has 0 spiro atoms. The van der Waals surface area contributed by atoms with Gasteiger partial charge in [-0.3, -0.25) is 19.1 Å². The molecule has 8 heteroatoms. The van der Waals surface area contributed by atoms with Crippen molar-refractivity contribution in [1.82, 2.24) is 9.47 Å². The van der Waals surface area contributed by atoms with Crippen molar-refractivity contribution in [3.63, 3.8) is 0 Å². The summed E-state index contributed by atoms with van der Waals surface area (Å²) in [6, 6.07) is 19.6. The van der Waals surface area contributed by atoms with E-state index >= 15 is 0 Å². The summed E-state index contributed by atoms with van der Waals surface area (Å²) in [5.74, 6) is -0.621. The van der Waals surface area contributed by atoms with Crippen molar-refractivity contribution in [2.24, 2.45) is 0 Å². The monoisotopic (exact) mass is 489 g/mol. The lowest BCUT2D eigenvalue weighted by Gasteiger charge is -2.36. The molecule has 35 heavy (non-hydrogen) atoms. The standard InChI is InChI=1S/C27H24ClN3O4/c1-18(32)19-6-9-21(10-7-19)30-14-12-29(13-15-30)17-31-24-11-8-20(16-25(24)35-27(31)34)26(33)22-4-2-3-5-23(22)28/h2-11,16H,12-15,17H2,1H3. The second-order valence-electron chi connectivity index (χ2n) is 8.64. The van der Waals surface area contributed by atoms with Gasteiger partial charge >= 0.3 is 5.76 Å². The Kier molecular flexibility index (Phi) is 6.28. The number of hydrogen-bond acceptors (Lipinski definition) is 6. The zero-order valence-electron chi connectivity index (χ0n) is 19.2. The molecule has 0 radical (unpaired) electrons. The van der Waals surface area contributed by atoms with E-state index in [9.17, 15) is 14.4 Å². The van der Waals surface area contributed by atoms with E-state index in [-0.39, 0.29) is 11.6 Å². The summed E-state index contributed by atoms with van der Waals surface area (Å²) >= 11 is 6.17. The summed E-state index contributed by atoms with van der Waals surface area (Å²) in [5.41, 5.74) is 3.62. The Balaban J connectivity index is 1.29. The zero-order valence-corrected chi connectivity index (χ0v) is 20.0. The molecule has 0 aliphatic carbocycles. The van der Waals surface area contributed by atoms with Crippen LogP contribution in [0.4, 0.5) is 5.69 Å². The van der Waals surface area contributed by atoms with Crippen LogP contribution in [-0.2, 0) is 6.67 Å². The molecule has 7 nitrogen and oxygen atoms in total. The fraction of sp³-hybridized carbons (Fsp3) is 0.222. The van der Waals surface area contributed by atoms with Crippen LogP contribution in [0.3, 0.4) is 0 Å². The van der Waals surface area contributed by atoms with Gasteiger partial charge in [0.1, 0.15) is 0 Å². The number of oxazole rings is 1.